The molecule has 0 bridgehead atoms. The quantitative estimate of drug-likeness (QED) is 0.613. The lowest BCUT2D eigenvalue weighted by atomic mass is 10.1. The van der Waals surface area contributed by atoms with Crippen molar-refractivity contribution in [3.8, 4) is 0 Å². The van der Waals surface area contributed by atoms with Crippen molar-refractivity contribution < 1.29 is 4.79 Å². The van der Waals surface area contributed by atoms with E-state index in [0.717, 1.165) is 38.9 Å². The van der Waals surface area contributed by atoms with Crippen LogP contribution in [-0.4, -0.2) is 36.5 Å². The van der Waals surface area contributed by atoms with Crippen LogP contribution in [0.1, 0.15) is 25.7 Å². The van der Waals surface area contributed by atoms with Crippen molar-refractivity contribution in [2.45, 2.75) is 31.7 Å². The Balaban J connectivity index is 1.95. The van der Waals surface area contributed by atoms with Crippen molar-refractivity contribution in [1.29, 1.82) is 0 Å². The average molecular weight is 168 g/mol. The van der Waals surface area contributed by atoms with Crippen LogP contribution in [0.5, 0.6) is 0 Å². The fourth-order valence-corrected chi connectivity index (χ4v) is 2.12. The van der Waals surface area contributed by atoms with Crippen LogP contribution in [0.3, 0.4) is 0 Å². The summed E-state index contributed by atoms with van der Waals surface area (Å²) in [6.45, 7) is 3.07. The minimum atomic E-state index is 0.370. The van der Waals surface area contributed by atoms with Gasteiger partial charge >= 0.3 is 0 Å². The van der Waals surface area contributed by atoms with Crippen LogP contribution in [0, 0.1) is 0 Å². The number of rotatable bonds is 1. The van der Waals surface area contributed by atoms with Crippen LogP contribution < -0.4 is 5.32 Å². The topological polar surface area (TPSA) is 32.3 Å². The van der Waals surface area contributed by atoms with E-state index >= 15 is 0 Å². The summed E-state index contributed by atoms with van der Waals surface area (Å²) in [6.07, 6.45) is 4.21. The molecular weight excluding hydrogens is 152 g/mol. The molecule has 0 unspecified atom stereocenters. The van der Waals surface area contributed by atoms with Gasteiger partial charge in [-0.05, 0) is 25.8 Å². The predicted molar refractivity (Wildman–Crippen MR) is 46.8 cm³/mol. The summed E-state index contributed by atoms with van der Waals surface area (Å²) in [5.74, 6) is 0.370. The molecule has 2 aliphatic heterocycles. The molecule has 12 heavy (non-hydrogen) atoms. The van der Waals surface area contributed by atoms with Crippen LogP contribution >= 0.6 is 0 Å². The second kappa shape index (κ2) is 3.44. The number of hydrogen-bond donors (Lipinski definition) is 1. The van der Waals surface area contributed by atoms with E-state index in [1.54, 1.807) is 0 Å². The Kier molecular flexibility index (Phi) is 2.30. The highest BCUT2D eigenvalue weighted by atomic mass is 16.2. The first kappa shape index (κ1) is 8.05. The summed E-state index contributed by atoms with van der Waals surface area (Å²) in [5, 5.41) is 3.30. The third kappa shape index (κ3) is 1.46. The van der Waals surface area contributed by atoms with Crippen LogP contribution in [0.4, 0.5) is 0 Å². The highest BCUT2D eigenvalue weighted by Crippen LogP contribution is 2.16. The number of amides is 1. The average Bonchev–Trinajstić information content (AvgIpc) is 2.57. The first-order valence-electron chi connectivity index (χ1n) is 4.88. The Hall–Kier alpha value is -0.570. The minimum absolute atomic E-state index is 0.370. The molecular formula is C9H16N2O. The number of piperidine rings is 1. The summed E-state index contributed by atoms with van der Waals surface area (Å²) in [6, 6.07) is 0.498. The van der Waals surface area contributed by atoms with Crippen LogP contribution in [0.25, 0.3) is 0 Å². The third-order valence-corrected chi connectivity index (χ3v) is 2.84. The zero-order valence-electron chi connectivity index (χ0n) is 7.38. The van der Waals surface area contributed by atoms with Crippen molar-refractivity contribution in [2.24, 2.45) is 0 Å². The van der Waals surface area contributed by atoms with Gasteiger partial charge in [0.25, 0.3) is 0 Å². The normalized spacial score (nSPS) is 31.2. The smallest absolute Gasteiger partial charge is 0.222 e. The molecule has 0 aliphatic carbocycles. The van der Waals surface area contributed by atoms with E-state index in [1.807, 2.05) is 0 Å². The lowest BCUT2D eigenvalue weighted by molar-refractivity contribution is -0.135. The summed E-state index contributed by atoms with van der Waals surface area (Å²) < 4.78 is 0. The second-order valence-corrected chi connectivity index (χ2v) is 3.69. The zero-order chi connectivity index (χ0) is 8.39. The van der Waals surface area contributed by atoms with Crippen molar-refractivity contribution in [2.75, 3.05) is 19.6 Å². The fraction of sp³-hybridized carbons (Fsp3) is 0.889. The highest BCUT2D eigenvalue weighted by molar-refractivity contribution is 5.77. The highest BCUT2D eigenvalue weighted by Gasteiger charge is 2.27. The largest absolute Gasteiger partial charge is 0.338 e. The van der Waals surface area contributed by atoms with Crippen LogP contribution in [-0.2, 0) is 4.79 Å². The van der Waals surface area contributed by atoms with E-state index in [2.05, 4.69) is 10.2 Å². The lowest BCUT2D eigenvalue weighted by Crippen LogP contribution is -2.44. The second-order valence-electron chi connectivity index (χ2n) is 3.69. The summed E-state index contributed by atoms with van der Waals surface area (Å²) in [5.41, 5.74) is 0. The van der Waals surface area contributed by atoms with Gasteiger partial charge in [0, 0.05) is 25.6 Å². The zero-order valence-corrected chi connectivity index (χ0v) is 7.38. The first-order valence-corrected chi connectivity index (χ1v) is 4.88. The van der Waals surface area contributed by atoms with Crippen molar-refractivity contribution in [1.82, 2.24) is 10.2 Å². The number of carbonyl (C=O) groups excluding carboxylic acids is 1. The SMILES string of the molecule is O=C1CCCCN1[C@@H]1CCNC1. The predicted octanol–water partition coefficient (Wildman–Crippen LogP) is 0.361. The summed E-state index contributed by atoms with van der Waals surface area (Å²) >= 11 is 0. The molecule has 0 radical (unpaired) electrons. The molecule has 0 saturated carbocycles. The maximum Gasteiger partial charge on any atom is 0.222 e. The van der Waals surface area contributed by atoms with Crippen molar-refractivity contribution >= 4 is 5.91 Å². The number of carbonyl (C=O) groups is 1. The molecule has 0 spiro atoms. The van der Waals surface area contributed by atoms with Gasteiger partial charge in [0.05, 0.1) is 0 Å². The molecule has 1 N–H and O–H groups in total. The number of nitrogens with one attached hydrogen (secondary N) is 1. The van der Waals surface area contributed by atoms with E-state index in [1.165, 1.54) is 6.42 Å². The van der Waals surface area contributed by atoms with E-state index in [-0.39, 0.29) is 0 Å². The van der Waals surface area contributed by atoms with Crippen LogP contribution in [0.2, 0.25) is 0 Å². The Morgan fingerprint density at radius 2 is 2.33 bits per heavy atom. The third-order valence-electron chi connectivity index (χ3n) is 2.84. The van der Waals surface area contributed by atoms with Gasteiger partial charge in [-0.1, -0.05) is 0 Å². The Morgan fingerprint density at radius 3 is 3.00 bits per heavy atom. The molecule has 0 aromatic carbocycles. The minimum Gasteiger partial charge on any atom is -0.338 e. The van der Waals surface area contributed by atoms with E-state index in [4.69, 9.17) is 0 Å². The van der Waals surface area contributed by atoms with Gasteiger partial charge in [-0.2, -0.15) is 0 Å². The van der Waals surface area contributed by atoms with Gasteiger partial charge in [0.1, 0.15) is 0 Å². The molecule has 0 aromatic heterocycles. The number of hydrogen-bond acceptors (Lipinski definition) is 2. The molecule has 68 valence electrons. The van der Waals surface area contributed by atoms with E-state index in [9.17, 15) is 4.79 Å². The van der Waals surface area contributed by atoms with Gasteiger partial charge in [-0.3, -0.25) is 4.79 Å². The van der Waals surface area contributed by atoms with Crippen molar-refractivity contribution in [3.05, 3.63) is 0 Å². The molecule has 3 nitrogen and oxygen atoms in total. The number of nitrogens with zero attached hydrogens (tertiary/aromatic N) is 1. The Bertz CT molecular complexity index is 175. The summed E-state index contributed by atoms with van der Waals surface area (Å²) in [7, 11) is 0. The monoisotopic (exact) mass is 168 g/mol. The molecule has 2 saturated heterocycles. The maximum absolute atomic E-state index is 11.5. The fourth-order valence-electron chi connectivity index (χ4n) is 2.12. The molecule has 0 aromatic rings. The van der Waals surface area contributed by atoms with Gasteiger partial charge in [0.2, 0.25) is 5.91 Å². The van der Waals surface area contributed by atoms with Gasteiger partial charge in [0.15, 0.2) is 0 Å². The Morgan fingerprint density at radius 1 is 1.42 bits per heavy atom. The van der Waals surface area contributed by atoms with Crippen molar-refractivity contribution in [3.63, 3.8) is 0 Å². The molecule has 1 amide bonds. The first-order chi connectivity index (χ1) is 5.88. The van der Waals surface area contributed by atoms with E-state index in [0.29, 0.717) is 11.9 Å². The molecule has 1 atom stereocenters. The standard InChI is InChI=1S/C9H16N2O/c12-9-3-1-2-6-11(9)8-4-5-10-7-8/h8,10H,1-7H2/t8-/m1/s1. The molecule has 2 aliphatic rings. The van der Waals surface area contributed by atoms with Gasteiger partial charge in [-0.25, -0.2) is 0 Å². The molecule has 2 rings (SSSR count). The van der Waals surface area contributed by atoms with Gasteiger partial charge < -0.3 is 10.2 Å². The Labute approximate surface area is 73.1 Å². The maximum atomic E-state index is 11.5. The van der Waals surface area contributed by atoms with E-state index < -0.39 is 0 Å². The lowest BCUT2D eigenvalue weighted by Gasteiger charge is -2.31. The molecule has 2 fully saturated rings. The molecule has 3 heteroatoms. The summed E-state index contributed by atoms with van der Waals surface area (Å²) in [4.78, 5) is 13.6. The van der Waals surface area contributed by atoms with Gasteiger partial charge in [-0.15, -0.1) is 0 Å². The number of likely N-dealkylation sites (tertiary alicyclic amines) is 1. The molecule has 2 heterocycles. The van der Waals surface area contributed by atoms with Crippen LogP contribution in [0.15, 0.2) is 0 Å².